The molecule has 4 heteroatoms. The van der Waals surface area contributed by atoms with E-state index in [9.17, 15) is 4.79 Å². The molecule has 0 atom stereocenters. The zero-order valence-electron chi connectivity index (χ0n) is 12.1. The highest BCUT2D eigenvalue weighted by Gasteiger charge is 2.02. The van der Waals surface area contributed by atoms with Gasteiger partial charge < -0.3 is 5.32 Å². The monoisotopic (exact) mass is 385 g/mol. The maximum atomic E-state index is 12.1. The lowest BCUT2D eigenvalue weighted by atomic mass is 10.0. The molecule has 0 saturated heterocycles. The summed E-state index contributed by atoms with van der Waals surface area (Å²) in [4.78, 5) is 12.1. The predicted octanol–water partition coefficient (Wildman–Crippen LogP) is 5.91. The fourth-order valence-corrected chi connectivity index (χ4v) is 2.75. The van der Waals surface area contributed by atoms with Gasteiger partial charge >= 0.3 is 0 Å². The molecule has 0 saturated carbocycles. The zero-order chi connectivity index (χ0) is 16.2. The van der Waals surface area contributed by atoms with Gasteiger partial charge in [-0.25, -0.2) is 0 Å². The highest BCUT2D eigenvalue weighted by atomic mass is 79.9. The van der Waals surface area contributed by atoms with Crippen molar-refractivity contribution in [2.24, 2.45) is 0 Å². The summed E-state index contributed by atoms with van der Waals surface area (Å²) in [6.07, 6.45) is 3.34. The molecule has 1 N–H and O–H groups in total. The second kappa shape index (κ2) is 6.99. The van der Waals surface area contributed by atoms with E-state index in [0.29, 0.717) is 10.7 Å². The van der Waals surface area contributed by atoms with E-state index in [-0.39, 0.29) is 5.91 Å². The van der Waals surface area contributed by atoms with Crippen LogP contribution in [0.4, 0.5) is 5.69 Å². The molecule has 0 fully saturated rings. The summed E-state index contributed by atoms with van der Waals surface area (Å²) in [5.74, 6) is -0.198. The lowest BCUT2D eigenvalue weighted by molar-refractivity contribution is -0.111. The van der Waals surface area contributed by atoms with Crippen molar-refractivity contribution in [3.63, 3.8) is 0 Å². The van der Waals surface area contributed by atoms with Crippen molar-refractivity contribution in [3.8, 4) is 0 Å². The third-order valence-electron chi connectivity index (χ3n) is 3.42. The van der Waals surface area contributed by atoms with Crippen molar-refractivity contribution in [1.82, 2.24) is 0 Å². The molecule has 2 nitrogen and oxygen atoms in total. The van der Waals surface area contributed by atoms with E-state index in [1.807, 2.05) is 36.4 Å². The highest BCUT2D eigenvalue weighted by Crippen LogP contribution is 2.25. The summed E-state index contributed by atoms with van der Waals surface area (Å²) in [6.45, 7) is 0. The van der Waals surface area contributed by atoms with Crippen molar-refractivity contribution in [2.45, 2.75) is 0 Å². The predicted molar refractivity (Wildman–Crippen MR) is 101 cm³/mol. The van der Waals surface area contributed by atoms with Crippen molar-refractivity contribution in [1.29, 1.82) is 0 Å². The van der Waals surface area contributed by atoms with Crippen LogP contribution in [0.1, 0.15) is 5.56 Å². The first kappa shape index (κ1) is 15.8. The van der Waals surface area contributed by atoms with Crippen LogP contribution in [0.25, 0.3) is 16.8 Å². The van der Waals surface area contributed by atoms with Gasteiger partial charge in [0.2, 0.25) is 5.91 Å². The minimum absolute atomic E-state index is 0.198. The summed E-state index contributed by atoms with van der Waals surface area (Å²) in [7, 11) is 0. The van der Waals surface area contributed by atoms with Crippen molar-refractivity contribution in [3.05, 3.63) is 81.8 Å². The number of nitrogens with one attached hydrogen (secondary N) is 1. The summed E-state index contributed by atoms with van der Waals surface area (Å²) in [5.41, 5.74) is 1.66. The fraction of sp³-hybridized carbons (Fsp3) is 0. The summed E-state index contributed by atoms with van der Waals surface area (Å²) < 4.78 is 0.795. The Morgan fingerprint density at radius 1 is 1.04 bits per heavy atom. The Labute approximate surface area is 147 Å². The van der Waals surface area contributed by atoms with Crippen LogP contribution in [0.3, 0.4) is 0 Å². The van der Waals surface area contributed by atoms with Gasteiger partial charge in [-0.3, -0.25) is 4.79 Å². The molecule has 0 heterocycles. The van der Waals surface area contributed by atoms with Crippen LogP contribution in [0, 0.1) is 0 Å². The largest absolute Gasteiger partial charge is 0.322 e. The molecule has 0 aliphatic carbocycles. The smallest absolute Gasteiger partial charge is 0.248 e. The number of hydrogen-bond donors (Lipinski definition) is 1. The van der Waals surface area contributed by atoms with E-state index in [2.05, 4.69) is 33.4 Å². The number of amides is 1. The number of carbonyl (C=O) groups excluding carboxylic acids is 1. The van der Waals surface area contributed by atoms with Crippen LogP contribution >= 0.6 is 27.5 Å². The summed E-state index contributed by atoms with van der Waals surface area (Å²) in [5, 5.41) is 5.62. The van der Waals surface area contributed by atoms with Gasteiger partial charge in [0.1, 0.15) is 0 Å². The topological polar surface area (TPSA) is 29.1 Å². The number of anilines is 1. The Kier molecular flexibility index (Phi) is 4.79. The van der Waals surface area contributed by atoms with Crippen LogP contribution in [0.5, 0.6) is 0 Å². The molecule has 0 bridgehead atoms. The maximum absolute atomic E-state index is 12.1. The highest BCUT2D eigenvalue weighted by molar-refractivity contribution is 9.10. The van der Waals surface area contributed by atoms with Gasteiger partial charge in [-0.1, -0.05) is 54.1 Å². The zero-order valence-corrected chi connectivity index (χ0v) is 14.4. The average Bonchev–Trinajstić information content (AvgIpc) is 2.56. The van der Waals surface area contributed by atoms with E-state index in [0.717, 1.165) is 20.8 Å². The van der Waals surface area contributed by atoms with Gasteiger partial charge in [-0.2, -0.15) is 0 Å². The molecule has 0 radical (unpaired) electrons. The normalized spacial score (nSPS) is 11.0. The van der Waals surface area contributed by atoms with Crippen LogP contribution < -0.4 is 5.32 Å². The SMILES string of the molecule is O=C(/C=C/c1cccc2ccccc12)Nc1ccc(Br)c(Cl)c1. The standard InChI is InChI=1S/C19H13BrClNO/c20-17-10-9-15(12-18(17)21)22-19(23)11-8-14-6-3-5-13-4-1-2-7-16(13)14/h1-12H,(H,22,23)/b11-8+. The van der Waals surface area contributed by atoms with E-state index in [1.54, 1.807) is 18.2 Å². The Bertz CT molecular complexity index is 900. The minimum atomic E-state index is -0.198. The molecule has 3 rings (SSSR count). The number of rotatable bonds is 3. The molecule has 0 aromatic heterocycles. The van der Waals surface area contributed by atoms with Gasteiger partial charge in [0, 0.05) is 16.2 Å². The molecule has 0 aliphatic heterocycles. The van der Waals surface area contributed by atoms with Crippen LogP contribution in [-0.4, -0.2) is 5.91 Å². The second-order valence-corrected chi connectivity index (χ2v) is 6.28. The van der Waals surface area contributed by atoms with Gasteiger partial charge in [0.25, 0.3) is 0 Å². The number of carbonyl (C=O) groups is 1. The van der Waals surface area contributed by atoms with Gasteiger partial charge in [0.15, 0.2) is 0 Å². The summed E-state index contributed by atoms with van der Waals surface area (Å²) in [6, 6.07) is 19.4. The molecular weight excluding hydrogens is 374 g/mol. The Morgan fingerprint density at radius 3 is 2.65 bits per heavy atom. The van der Waals surface area contributed by atoms with Crippen molar-refractivity contribution >= 4 is 56.0 Å². The lowest BCUT2D eigenvalue weighted by Crippen LogP contribution is -2.07. The van der Waals surface area contributed by atoms with E-state index < -0.39 is 0 Å². The van der Waals surface area contributed by atoms with Crippen LogP contribution in [0.15, 0.2) is 71.2 Å². The van der Waals surface area contributed by atoms with Gasteiger partial charge in [0.05, 0.1) is 5.02 Å². The van der Waals surface area contributed by atoms with Gasteiger partial charge in [-0.05, 0) is 56.5 Å². The number of halogens is 2. The summed E-state index contributed by atoms with van der Waals surface area (Å²) >= 11 is 9.34. The van der Waals surface area contributed by atoms with E-state index in [4.69, 9.17) is 11.6 Å². The van der Waals surface area contributed by atoms with Crippen molar-refractivity contribution < 1.29 is 4.79 Å². The molecule has 114 valence electrons. The van der Waals surface area contributed by atoms with Gasteiger partial charge in [-0.15, -0.1) is 0 Å². The van der Waals surface area contributed by atoms with Crippen LogP contribution in [-0.2, 0) is 4.79 Å². The first-order valence-electron chi connectivity index (χ1n) is 7.05. The maximum Gasteiger partial charge on any atom is 0.248 e. The van der Waals surface area contributed by atoms with E-state index >= 15 is 0 Å². The average molecular weight is 387 g/mol. The molecule has 0 spiro atoms. The quantitative estimate of drug-likeness (QED) is 0.557. The molecule has 0 aliphatic rings. The molecule has 0 unspecified atom stereocenters. The first-order valence-corrected chi connectivity index (χ1v) is 8.22. The molecule has 1 amide bonds. The van der Waals surface area contributed by atoms with Crippen molar-refractivity contribution in [2.75, 3.05) is 5.32 Å². The second-order valence-electron chi connectivity index (χ2n) is 5.02. The lowest BCUT2D eigenvalue weighted by Gasteiger charge is -2.04. The van der Waals surface area contributed by atoms with Crippen LogP contribution in [0.2, 0.25) is 5.02 Å². The van der Waals surface area contributed by atoms with E-state index in [1.165, 1.54) is 6.08 Å². The number of benzene rings is 3. The molecule has 3 aromatic rings. The Morgan fingerprint density at radius 2 is 1.83 bits per heavy atom. The molecule has 3 aromatic carbocycles. The third-order valence-corrected chi connectivity index (χ3v) is 4.66. The molecule has 23 heavy (non-hydrogen) atoms. The Balaban J connectivity index is 1.78. The number of fused-ring (bicyclic) bond motifs is 1. The Hall–Kier alpha value is -2.10. The number of hydrogen-bond acceptors (Lipinski definition) is 1. The minimum Gasteiger partial charge on any atom is -0.322 e. The third kappa shape index (κ3) is 3.81. The molecular formula is C19H13BrClNO. The first-order chi connectivity index (χ1) is 11.1. The fourth-order valence-electron chi connectivity index (χ4n) is 2.32.